The lowest BCUT2D eigenvalue weighted by Crippen LogP contribution is -2.83. The second kappa shape index (κ2) is 4.21. The fraction of sp³-hybridized carbons (Fsp3) is 1.00. The van der Waals surface area contributed by atoms with E-state index in [1.165, 1.54) is 51.4 Å². The van der Waals surface area contributed by atoms with Gasteiger partial charge in [-0.05, 0) is 31.7 Å². The van der Waals surface area contributed by atoms with E-state index in [4.69, 9.17) is 4.74 Å². The summed E-state index contributed by atoms with van der Waals surface area (Å²) in [6.07, 6.45) is 11.9. The van der Waals surface area contributed by atoms with Crippen LogP contribution in [0.3, 0.4) is 0 Å². The number of nitrogens with zero attached hydrogens (tertiary/aromatic N) is 1. The largest absolute Gasteiger partial charge is 0.379 e. The minimum Gasteiger partial charge on any atom is -0.379 e. The Morgan fingerprint density at radius 3 is 2.56 bits per heavy atom. The molecule has 2 saturated heterocycles. The summed E-state index contributed by atoms with van der Waals surface area (Å²) < 4.78 is 5.86. The highest BCUT2D eigenvalue weighted by atomic mass is 16.5. The third-order valence-corrected chi connectivity index (χ3v) is 6.64. The van der Waals surface area contributed by atoms with Gasteiger partial charge in [0.15, 0.2) is 0 Å². The SMILES string of the molecule is CN1C2COCC23C2CCCCCCCCC2C13. The maximum Gasteiger partial charge on any atom is 0.0629 e. The number of piperidine rings is 1. The van der Waals surface area contributed by atoms with Gasteiger partial charge in [-0.25, -0.2) is 0 Å². The first-order chi connectivity index (χ1) is 8.86. The molecule has 18 heavy (non-hydrogen) atoms. The summed E-state index contributed by atoms with van der Waals surface area (Å²) in [5.41, 5.74) is 0.610. The highest BCUT2D eigenvalue weighted by Gasteiger charge is 2.75. The normalized spacial score (nSPS) is 52.5. The molecule has 102 valence electrons. The van der Waals surface area contributed by atoms with Crippen LogP contribution in [0.2, 0.25) is 0 Å². The Balaban J connectivity index is 1.54. The lowest BCUT2D eigenvalue weighted by molar-refractivity contribution is -0.260. The minimum atomic E-state index is 0.610. The first kappa shape index (κ1) is 11.7. The highest BCUT2D eigenvalue weighted by molar-refractivity contribution is 5.26. The first-order valence-corrected chi connectivity index (χ1v) is 8.15. The Kier molecular flexibility index (Phi) is 2.74. The maximum absolute atomic E-state index is 5.86. The van der Waals surface area contributed by atoms with Gasteiger partial charge >= 0.3 is 0 Å². The Bertz CT molecular complexity index is 331. The van der Waals surface area contributed by atoms with E-state index in [-0.39, 0.29) is 0 Å². The first-order valence-electron chi connectivity index (χ1n) is 8.15. The third kappa shape index (κ3) is 1.31. The Morgan fingerprint density at radius 2 is 1.72 bits per heavy atom. The monoisotopic (exact) mass is 249 g/mol. The van der Waals surface area contributed by atoms with Gasteiger partial charge in [-0.3, -0.25) is 4.90 Å². The molecular formula is C16H27NO. The lowest BCUT2D eigenvalue weighted by Gasteiger charge is -2.74. The Labute approximate surface area is 111 Å². The zero-order chi connectivity index (χ0) is 12.2. The molecule has 2 saturated carbocycles. The molecule has 5 atom stereocenters. The van der Waals surface area contributed by atoms with Gasteiger partial charge in [-0.2, -0.15) is 0 Å². The molecule has 0 bridgehead atoms. The van der Waals surface area contributed by atoms with E-state index in [1.807, 2.05) is 0 Å². The smallest absolute Gasteiger partial charge is 0.0629 e. The molecule has 0 N–H and O–H groups in total. The fourth-order valence-corrected chi connectivity index (χ4v) is 5.94. The number of ether oxygens (including phenoxy) is 1. The molecule has 2 aliphatic heterocycles. The zero-order valence-electron chi connectivity index (χ0n) is 11.7. The molecule has 0 aromatic heterocycles. The van der Waals surface area contributed by atoms with E-state index < -0.39 is 0 Å². The van der Waals surface area contributed by atoms with E-state index in [9.17, 15) is 0 Å². The van der Waals surface area contributed by atoms with Crippen LogP contribution in [-0.4, -0.2) is 37.2 Å². The molecule has 0 amide bonds. The van der Waals surface area contributed by atoms with Crippen LogP contribution >= 0.6 is 0 Å². The number of likely N-dealkylation sites (tertiary alicyclic amines) is 1. The second-order valence-corrected chi connectivity index (χ2v) is 7.22. The quantitative estimate of drug-likeness (QED) is 0.654. The van der Waals surface area contributed by atoms with Crippen molar-refractivity contribution in [3.8, 4) is 0 Å². The van der Waals surface area contributed by atoms with Crippen molar-refractivity contribution < 1.29 is 4.74 Å². The van der Waals surface area contributed by atoms with Gasteiger partial charge < -0.3 is 4.74 Å². The van der Waals surface area contributed by atoms with Gasteiger partial charge in [0.25, 0.3) is 0 Å². The lowest BCUT2D eigenvalue weighted by atomic mass is 9.40. The number of likely N-dealkylation sites (N-methyl/N-ethyl adjacent to an activating group) is 1. The topological polar surface area (TPSA) is 12.5 Å². The van der Waals surface area contributed by atoms with Crippen LogP contribution in [0.4, 0.5) is 0 Å². The molecular weight excluding hydrogens is 222 g/mol. The molecule has 4 aliphatic rings. The number of rotatable bonds is 0. The van der Waals surface area contributed by atoms with Crippen LogP contribution in [0.1, 0.15) is 51.4 Å². The van der Waals surface area contributed by atoms with Crippen molar-refractivity contribution in [2.75, 3.05) is 20.3 Å². The zero-order valence-corrected chi connectivity index (χ0v) is 11.7. The van der Waals surface area contributed by atoms with Crippen molar-refractivity contribution in [2.45, 2.75) is 63.5 Å². The van der Waals surface area contributed by atoms with Gasteiger partial charge in [0.2, 0.25) is 0 Å². The van der Waals surface area contributed by atoms with E-state index >= 15 is 0 Å². The fourth-order valence-electron chi connectivity index (χ4n) is 5.94. The summed E-state index contributed by atoms with van der Waals surface area (Å²) >= 11 is 0. The molecule has 1 spiro atoms. The molecule has 2 heterocycles. The van der Waals surface area contributed by atoms with Gasteiger partial charge in [-0.15, -0.1) is 0 Å². The van der Waals surface area contributed by atoms with Crippen molar-refractivity contribution >= 4 is 0 Å². The molecule has 0 aromatic rings. The van der Waals surface area contributed by atoms with Crippen molar-refractivity contribution in [3.05, 3.63) is 0 Å². The average molecular weight is 249 g/mol. The number of hydrogen-bond acceptors (Lipinski definition) is 2. The molecule has 4 fully saturated rings. The molecule has 2 nitrogen and oxygen atoms in total. The second-order valence-electron chi connectivity index (χ2n) is 7.22. The summed E-state index contributed by atoms with van der Waals surface area (Å²) in [5.74, 6) is 2.01. The van der Waals surface area contributed by atoms with Crippen LogP contribution in [-0.2, 0) is 4.74 Å². The Morgan fingerprint density at radius 1 is 1.00 bits per heavy atom. The van der Waals surface area contributed by atoms with Gasteiger partial charge in [0.1, 0.15) is 0 Å². The maximum atomic E-state index is 5.86. The van der Waals surface area contributed by atoms with Crippen molar-refractivity contribution in [1.82, 2.24) is 4.90 Å². The van der Waals surface area contributed by atoms with E-state index in [0.29, 0.717) is 5.41 Å². The summed E-state index contributed by atoms with van der Waals surface area (Å²) in [4.78, 5) is 2.65. The average Bonchev–Trinajstić information content (AvgIpc) is 2.79. The van der Waals surface area contributed by atoms with Crippen LogP contribution < -0.4 is 0 Å². The summed E-state index contributed by atoms with van der Waals surface area (Å²) in [5, 5.41) is 0. The van der Waals surface area contributed by atoms with E-state index in [2.05, 4.69) is 11.9 Å². The van der Waals surface area contributed by atoms with Crippen LogP contribution in [0.5, 0.6) is 0 Å². The van der Waals surface area contributed by atoms with Gasteiger partial charge in [0, 0.05) is 17.5 Å². The van der Waals surface area contributed by atoms with Crippen LogP contribution in [0, 0.1) is 17.3 Å². The molecule has 5 unspecified atom stereocenters. The summed E-state index contributed by atoms with van der Waals surface area (Å²) in [6, 6.07) is 1.65. The van der Waals surface area contributed by atoms with E-state index in [0.717, 1.165) is 37.1 Å². The number of fused-ring (bicyclic) bond motifs is 2. The predicted octanol–water partition coefficient (Wildman–Crippen LogP) is 3.07. The Hall–Kier alpha value is -0.0800. The molecule has 0 aromatic carbocycles. The molecule has 2 aliphatic carbocycles. The van der Waals surface area contributed by atoms with Crippen molar-refractivity contribution in [3.63, 3.8) is 0 Å². The van der Waals surface area contributed by atoms with Crippen LogP contribution in [0.15, 0.2) is 0 Å². The van der Waals surface area contributed by atoms with Gasteiger partial charge in [-0.1, -0.05) is 38.5 Å². The predicted molar refractivity (Wildman–Crippen MR) is 72.5 cm³/mol. The van der Waals surface area contributed by atoms with Crippen molar-refractivity contribution in [1.29, 1.82) is 0 Å². The van der Waals surface area contributed by atoms with Crippen LogP contribution in [0.25, 0.3) is 0 Å². The van der Waals surface area contributed by atoms with Gasteiger partial charge in [0.05, 0.1) is 13.2 Å². The highest BCUT2D eigenvalue weighted by Crippen LogP contribution is 2.68. The number of hydrogen-bond donors (Lipinski definition) is 0. The summed E-state index contributed by atoms with van der Waals surface area (Å²) in [6.45, 7) is 2.09. The third-order valence-electron chi connectivity index (χ3n) is 6.64. The van der Waals surface area contributed by atoms with E-state index in [1.54, 1.807) is 0 Å². The summed E-state index contributed by atoms with van der Waals surface area (Å²) in [7, 11) is 2.34. The molecule has 2 heteroatoms. The molecule has 0 radical (unpaired) electrons. The standard InChI is InChI=1S/C16H27NO/c1-17-14-10-18-11-16(14)13-9-7-5-3-2-4-6-8-12(13)15(16)17/h12-15H,2-11H2,1H3. The molecule has 4 rings (SSSR count). The van der Waals surface area contributed by atoms with Crippen molar-refractivity contribution in [2.24, 2.45) is 17.3 Å². The minimum absolute atomic E-state index is 0.610.